The Hall–Kier alpha value is -3.42. The summed E-state index contributed by atoms with van der Waals surface area (Å²) in [6, 6.07) is 14.5. The number of amides is 1. The zero-order chi connectivity index (χ0) is 23.8. The molecule has 0 radical (unpaired) electrons. The van der Waals surface area contributed by atoms with Crippen LogP contribution in [0.4, 0.5) is 13.2 Å². The third-order valence-corrected chi connectivity index (χ3v) is 6.08. The summed E-state index contributed by atoms with van der Waals surface area (Å²) >= 11 is 0. The lowest BCUT2D eigenvalue weighted by molar-refractivity contribution is -0.137. The van der Waals surface area contributed by atoms with Gasteiger partial charge in [-0.3, -0.25) is 9.59 Å². The van der Waals surface area contributed by atoms with Crippen LogP contribution in [0.3, 0.4) is 0 Å². The van der Waals surface area contributed by atoms with Crippen LogP contribution in [-0.2, 0) is 17.4 Å². The monoisotopic (exact) mass is 455 g/mol. The fourth-order valence-corrected chi connectivity index (χ4v) is 4.48. The van der Waals surface area contributed by atoms with Gasteiger partial charge in [0.05, 0.1) is 28.2 Å². The number of likely N-dealkylation sites (tertiary alicyclic amines) is 1. The number of hydrogen-bond acceptors (Lipinski definition) is 3. The Bertz CT molecular complexity index is 1190. The Morgan fingerprint density at radius 3 is 2.48 bits per heavy atom. The van der Waals surface area contributed by atoms with Gasteiger partial charge in [-0.05, 0) is 56.9 Å². The molecule has 4 rings (SSSR count). The number of aromatic nitrogens is 2. The minimum Gasteiger partial charge on any atom is -0.332 e. The minimum atomic E-state index is -4.50. The van der Waals surface area contributed by atoms with Crippen molar-refractivity contribution in [3.63, 3.8) is 0 Å². The first-order chi connectivity index (χ1) is 15.7. The SMILES string of the molecule is Cc1nn(-c2cccc(C(F)(F)F)c2)c(C)c1C(=O)C(=O)N1CCCC1Cc1ccccc1. The lowest BCUT2D eigenvalue weighted by atomic mass is 10.0. The van der Waals surface area contributed by atoms with E-state index in [1.165, 1.54) is 16.8 Å². The lowest BCUT2D eigenvalue weighted by Crippen LogP contribution is -2.41. The molecule has 1 aromatic heterocycles. The second-order valence-corrected chi connectivity index (χ2v) is 8.32. The summed E-state index contributed by atoms with van der Waals surface area (Å²) < 4.78 is 40.7. The van der Waals surface area contributed by atoms with E-state index in [-0.39, 0.29) is 17.3 Å². The molecular formula is C25H24F3N3O2. The average Bonchev–Trinajstić information content (AvgIpc) is 3.36. The summed E-state index contributed by atoms with van der Waals surface area (Å²) in [5.74, 6) is -1.27. The summed E-state index contributed by atoms with van der Waals surface area (Å²) in [5.41, 5.74) is 1.26. The quantitative estimate of drug-likeness (QED) is 0.405. The van der Waals surface area contributed by atoms with E-state index in [0.29, 0.717) is 24.4 Å². The van der Waals surface area contributed by atoms with Gasteiger partial charge in [0.1, 0.15) is 0 Å². The number of rotatable bonds is 5. The molecule has 0 spiro atoms. The first-order valence-corrected chi connectivity index (χ1v) is 10.8. The van der Waals surface area contributed by atoms with Crippen molar-refractivity contribution >= 4 is 11.7 Å². The zero-order valence-corrected chi connectivity index (χ0v) is 18.4. The molecule has 2 aromatic carbocycles. The molecule has 1 unspecified atom stereocenters. The van der Waals surface area contributed by atoms with Gasteiger partial charge >= 0.3 is 6.18 Å². The molecular weight excluding hydrogens is 431 g/mol. The molecule has 33 heavy (non-hydrogen) atoms. The van der Waals surface area contributed by atoms with Crippen molar-refractivity contribution in [3.8, 4) is 5.69 Å². The molecule has 0 N–H and O–H groups in total. The van der Waals surface area contributed by atoms with Crippen LogP contribution in [0.5, 0.6) is 0 Å². The first-order valence-electron chi connectivity index (χ1n) is 10.8. The highest BCUT2D eigenvalue weighted by Crippen LogP contribution is 2.31. The molecule has 1 atom stereocenters. The molecule has 8 heteroatoms. The molecule has 172 valence electrons. The van der Waals surface area contributed by atoms with Crippen LogP contribution in [0.15, 0.2) is 54.6 Å². The molecule has 0 bridgehead atoms. The van der Waals surface area contributed by atoms with Gasteiger partial charge in [0.2, 0.25) is 0 Å². The summed E-state index contributed by atoms with van der Waals surface area (Å²) in [7, 11) is 0. The third-order valence-electron chi connectivity index (χ3n) is 6.08. The van der Waals surface area contributed by atoms with Gasteiger partial charge < -0.3 is 4.90 Å². The lowest BCUT2D eigenvalue weighted by Gasteiger charge is -2.24. The van der Waals surface area contributed by atoms with E-state index >= 15 is 0 Å². The second kappa shape index (κ2) is 8.84. The fraction of sp³-hybridized carbons (Fsp3) is 0.320. The number of carbonyl (C=O) groups is 2. The summed E-state index contributed by atoms with van der Waals surface area (Å²) in [5, 5.41) is 4.28. The maximum atomic E-state index is 13.2. The van der Waals surface area contributed by atoms with E-state index in [1.807, 2.05) is 30.3 Å². The number of aryl methyl sites for hydroxylation is 1. The van der Waals surface area contributed by atoms with Crippen LogP contribution in [0, 0.1) is 13.8 Å². The molecule has 1 aliphatic rings. The van der Waals surface area contributed by atoms with E-state index in [4.69, 9.17) is 0 Å². The van der Waals surface area contributed by atoms with Crippen molar-refractivity contribution in [2.45, 2.75) is 45.3 Å². The highest BCUT2D eigenvalue weighted by Gasteiger charge is 2.35. The second-order valence-electron chi connectivity index (χ2n) is 8.32. The number of nitrogens with zero attached hydrogens (tertiary/aromatic N) is 3. The Kier molecular flexibility index (Phi) is 6.10. The van der Waals surface area contributed by atoms with Crippen LogP contribution < -0.4 is 0 Å². The van der Waals surface area contributed by atoms with Crippen LogP contribution >= 0.6 is 0 Å². The van der Waals surface area contributed by atoms with Crippen LogP contribution in [0.2, 0.25) is 0 Å². The molecule has 1 fully saturated rings. The Balaban J connectivity index is 1.60. The molecule has 2 heterocycles. The van der Waals surface area contributed by atoms with E-state index in [1.54, 1.807) is 18.7 Å². The number of ketones is 1. The van der Waals surface area contributed by atoms with Gasteiger partial charge in [0.25, 0.3) is 11.7 Å². The zero-order valence-electron chi connectivity index (χ0n) is 18.4. The molecule has 3 aromatic rings. The molecule has 1 saturated heterocycles. The maximum Gasteiger partial charge on any atom is 0.416 e. The smallest absolute Gasteiger partial charge is 0.332 e. The number of alkyl halides is 3. The van der Waals surface area contributed by atoms with Gasteiger partial charge in [-0.2, -0.15) is 18.3 Å². The van der Waals surface area contributed by atoms with Crippen LogP contribution in [0.1, 0.15) is 45.7 Å². The Morgan fingerprint density at radius 1 is 1.06 bits per heavy atom. The maximum absolute atomic E-state index is 13.2. The number of carbonyl (C=O) groups excluding carboxylic acids is 2. The van der Waals surface area contributed by atoms with Gasteiger partial charge in [-0.25, -0.2) is 4.68 Å². The third kappa shape index (κ3) is 4.55. The van der Waals surface area contributed by atoms with Gasteiger partial charge in [-0.1, -0.05) is 36.4 Å². The number of halogens is 3. The van der Waals surface area contributed by atoms with Gasteiger partial charge in [0, 0.05) is 12.6 Å². The summed E-state index contributed by atoms with van der Waals surface area (Å²) in [6.07, 6.45) is -2.20. The van der Waals surface area contributed by atoms with Gasteiger partial charge in [0.15, 0.2) is 0 Å². The topological polar surface area (TPSA) is 55.2 Å². The Morgan fingerprint density at radius 2 is 1.79 bits per heavy atom. The summed E-state index contributed by atoms with van der Waals surface area (Å²) in [6.45, 7) is 3.68. The molecule has 1 aliphatic heterocycles. The number of hydrogen-bond donors (Lipinski definition) is 0. The first kappa shape index (κ1) is 22.8. The van der Waals surface area contributed by atoms with Crippen molar-refractivity contribution in [1.29, 1.82) is 0 Å². The number of benzene rings is 2. The Labute approximate surface area is 189 Å². The number of Topliss-reactive ketones (excluding diaryl/α,β-unsaturated/α-hetero) is 1. The van der Waals surface area contributed by atoms with Gasteiger partial charge in [-0.15, -0.1) is 0 Å². The minimum absolute atomic E-state index is 0.0667. The average molecular weight is 455 g/mol. The normalized spacial score (nSPS) is 16.3. The fourth-order valence-electron chi connectivity index (χ4n) is 4.48. The largest absolute Gasteiger partial charge is 0.416 e. The molecule has 1 amide bonds. The predicted molar refractivity (Wildman–Crippen MR) is 117 cm³/mol. The molecule has 0 aliphatic carbocycles. The van der Waals surface area contributed by atoms with Crippen molar-refractivity contribution in [2.24, 2.45) is 0 Å². The van der Waals surface area contributed by atoms with Crippen LogP contribution in [0.25, 0.3) is 5.69 Å². The predicted octanol–water partition coefficient (Wildman–Crippen LogP) is 4.92. The highest BCUT2D eigenvalue weighted by molar-refractivity contribution is 6.43. The van der Waals surface area contributed by atoms with Crippen molar-refractivity contribution < 1.29 is 22.8 Å². The van der Waals surface area contributed by atoms with E-state index < -0.39 is 23.4 Å². The molecule has 0 saturated carbocycles. The highest BCUT2D eigenvalue weighted by atomic mass is 19.4. The standard InChI is InChI=1S/C25H24F3N3O2/c1-16-22(17(2)31(29-16)21-11-6-10-19(15-21)25(26,27)28)23(32)24(33)30-13-7-12-20(30)14-18-8-4-3-5-9-18/h3-6,8-11,15,20H,7,12-14H2,1-2H3. The van der Waals surface area contributed by atoms with Crippen molar-refractivity contribution in [1.82, 2.24) is 14.7 Å². The molecule has 5 nitrogen and oxygen atoms in total. The van der Waals surface area contributed by atoms with E-state index in [9.17, 15) is 22.8 Å². The van der Waals surface area contributed by atoms with E-state index in [0.717, 1.165) is 30.5 Å². The van der Waals surface area contributed by atoms with E-state index in [2.05, 4.69) is 5.10 Å². The van der Waals surface area contributed by atoms with Crippen LogP contribution in [-0.4, -0.2) is 39.0 Å². The van der Waals surface area contributed by atoms with Crippen molar-refractivity contribution in [2.75, 3.05) is 6.54 Å². The van der Waals surface area contributed by atoms with Crippen molar-refractivity contribution in [3.05, 3.63) is 82.7 Å². The summed E-state index contributed by atoms with van der Waals surface area (Å²) in [4.78, 5) is 28.0.